The summed E-state index contributed by atoms with van der Waals surface area (Å²) in [4.78, 5) is 0. The van der Waals surface area contributed by atoms with Crippen LogP contribution in [-0.2, 0) is 5.54 Å². The molecule has 2 aromatic carbocycles. The molecule has 2 N–H and O–H groups in total. The maximum absolute atomic E-state index is 13.9. The third kappa shape index (κ3) is 2.82. The van der Waals surface area contributed by atoms with Crippen LogP contribution in [0.4, 0.5) is 8.78 Å². The van der Waals surface area contributed by atoms with Gasteiger partial charge in [-0.3, -0.25) is 0 Å². The molecule has 4 heteroatoms. The van der Waals surface area contributed by atoms with Crippen LogP contribution >= 0.6 is 0 Å². The quantitative estimate of drug-likeness (QED) is 0.885. The number of hydrogen-bond acceptors (Lipinski definition) is 2. The molecule has 0 aliphatic heterocycles. The standard InChI is InChI=1S/C17H17F2NO/c18-14-7-3-1-5-12(14)16(21)11-20-17(9-10-17)13-6-2-4-8-15(13)19/h1-8,16,20-21H,9-11H2. The van der Waals surface area contributed by atoms with Gasteiger partial charge in [0.15, 0.2) is 0 Å². The molecule has 3 rings (SSSR count). The highest BCUT2D eigenvalue weighted by Crippen LogP contribution is 2.46. The predicted molar refractivity (Wildman–Crippen MR) is 76.7 cm³/mol. The van der Waals surface area contributed by atoms with Crippen molar-refractivity contribution in [3.8, 4) is 0 Å². The number of hydrogen-bond donors (Lipinski definition) is 2. The molecule has 0 radical (unpaired) electrons. The molecule has 1 aliphatic rings. The van der Waals surface area contributed by atoms with Crippen LogP contribution in [0.1, 0.15) is 30.1 Å². The van der Waals surface area contributed by atoms with E-state index in [-0.39, 0.29) is 17.9 Å². The van der Waals surface area contributed by atoms with Crippen molar-refractivity contribution in [3.05, 3.63) is 71.3 Å². The van der Waals surface area contributed by atoms with Crippen LogP contribution in [-0.4, -0.2) is 11.7 Å². The topological polar surface area (TPSA) is 32.3 Å². The second-order valence-corrected chi connectivity index (χ2v) is 5.48. The normalized spacial score (nSPS) is 17.5. The van der Waals surface area contributed by atoms with Crippen molar-refractivity contribution in [2.45, 2.75) is 24.5 Å². The Balaban J connectivity index is 1.71. The first kappa shape index (κ1) is 14.2. The van der Waals surface area contributed by atoms with Crippen molar-refractivity contribution in [2.24, 2.45) is 0 Å². The monoisotopic (exact) mass is 289 g/mol. The summed E-state index contributed by atoms with van der Waals surface area (Å²) in [5.41, 5.74) is 0.456. The molecular weight excluding hydrogens is 272 g/mol. The van der Waals surface area contributed by atoms with Gasteiger partial charge in [-0.15, -0.1) is 0 Å². The number of aliphatic hydroxyl groups excluding tert-OH is 1. The molecule has 1 fully saturated rings. The minimum atomic E-state index is -0.949. The van der Waals surface area contributed by atoms with Gasteiger partial charge in [-0.2, -0.15) is 0 Å². The first-order chi connectivity index (χ1) is 10.1. The lowest BCUT2D eigenvalue weighted by Gasteiger charge is -2.21. The molecule has 0 aromatic heterocycles. The van der Waals surface area contributed by atoms with E-state index < -0.39 is 17.5 Å². The maximum Gasteiger partial charge on any atom is 0.129 e. The highest BCUT2D eigenvalue weighted by atomic mass is 19.1. The average Bonchev–Trinajstić information content (AvgIpc) is 3.27. The molecule has 110 valence electrons. The van der Waals surface area contributed by atoms with E-state index in [1.807, 2.05) is 0 Å². The fourth-order valence-corrected chi connectivity index (χ4v) is 2.66. The van der Waals surface area contributed by atoms with Gasteiger partial charge in [0.1, 0.15) is 11.6 Å². The van der Waals surface area contributed by atoms with E-state index in [4.69, 9.17) is 0 Å². The van der Waals surface area contributed by atoms with Gasteiger partial charge in [-0.1, -0.05) is 36.4 Å². The fourth-order valence-electron chi connectivity index (χ4n) is 2.66. The lowest BCUT2D eigenvalue weighted by molar-refractivity contribution is 0.163. The van der Waals surface area contributed by atoms with Crippen LogP contribution in [0.25, 0.3) is 0 Å². The smallest absolute Gasteiger partial charge is 0.129 e. The van der Waals surface area contributed by atoms with Crippen molar-refractivity contribution in [2.75, 3.05) is 6.54 Å². The number of halogens is 2. The van der Waals surface area contributed by atoms with Gasteiger partial charge >= 0.3 is 0 Å². The molecule has 1 aliphatic carbocycles. The number of aliphatic hydroxyl groups is 1. The molecule has 0 heterocycles. The van der Waals surface area contributed by atoms with Crippen LogP contribution < -0.4 is 5.32 Å². The molecule has 2 nitrogen and oxygen atoms in total. The summed E-state index contributed by atoms with van der Waals surface area (Å²) in [6.07, 6.45) is 0.686. The van der Waals surface area contributed by atoms with Gasteiger partial charge in [0.25, 0.3) is 0 Å². The SMILES string of the molecule is OC(CNC1(c2ccccc2F)CC1)c1ccccc1F. The number of nitrogens with one attached hydrogen (secondary N) is 1. The van der Waals surface area contributed by atoms with Crippen molar-refractivity contribution in [1.29, 1.82) is 0 Å². The molecular formula is C17H17F2NO. The Labute approximate surface area is 122 Å². The van der Waals surface area contributed by atoms with Crippen molar-refractivity contribution >= 4 is 0 Å². The molecule has 1 atom stereocenters. The van der Waals surface area contributed by atoms with E-state index >= 15 is 0 Å². The predicted octanol–water partition coefficient (Wildman–Crippen LogP) is 3.28. The van der Waals surface area contributed by atoms with Crippen molar-refractivity contribution < 1.29 is 13.9 Å². The highest BCUT2D eigenvalue weighted by molar-refractivity contribution is 5.31. The molecule has 21 heavy (non-hydrogen) atoms. The Morgan fingerprint density at radius 3 is 2.24 bits per heavy atom. The summed E-state index contributed by atoms with van der Waals surface area (Å²) in [7, 11) is 0. The minimum Gasteiger partial charge on any atom is -0.387 e. The lowest BCUT2D eigenvalue weighted by Crippen LogP contribution is -2.33. The lowest BCUT2D eigenvalue weighted by atomic mass is 10.0. The van der Waals surface area contributed by atoms with Crippen molar-refractivity contribution in [3.63, 3.8) is 0 Å². The van der Waals surface area contributed by atoms with Gasteiger partial charge in [-0.05, 0) is 25.0 Å². The van der Waals surface area contributed by atoms with Crippen LogP contribution in [0.5, 0.6) is 0 Å². The Bertz CT molecular complexity index is 640. The minimum absolute atomic E-state index is 0.190. The van der Waals surface area contributed by atoms with Gasteiger partial charge in [-0.25, -0.2) is 8.78 Å². The second kappa shape index (κ2) is 5.54. The summed E-state index contributed by atoms with van der Waals surface area (Å²) in [6, 6.07) is 12.8. The molecule has 2 aromatic rings. The van der Waals surface area contributed by atoms with E-state index in [1.165, 1.54) is 12.1 Å². The van der Waals surface area contributed by atoms with E-state index in [0.29, 0.717) is 5.56 Å². The highest BCUT2D eigenvalue weighted by Gasteiger charge is 2.45. The van der Waals surface area contributed by atoms with E-state index in [2.05, 4.69) is 5.32 Å². The molecule has 0 amide bonds. The summed E-state index contributed by atoms with van der Waals surface area (Å²) < 4.78 is 27.5. The first-order valence-electron chi connectivity index (χ1n) is 7.05. The molecule has 0 bridgehead atoms. The summed E-state index contributed by atoms with van der Waals surface area (Å²) >= 11 is 0. The Hall–Kier alpha value is -1.78. The van der Waals surface area contributed by atoms with Crippen molar-refractivity contribution in [1.82, 2.24) is 5.32 Å². The molecule has 1 unspecified atom stereocenters. The summed E-state index contributed by atoms with van der Waals surface area (Å²) in [5.74, 6) is -0.676. The molecule has 0 spiro atoms. The van der Waals surface area contributed by atoms with Gasteiger partial charge in [0, 0.05) is 23.2 Å². The fraction of sp³-hybridized carbons (Fsp3) is 0.294. The average molecular weight is 289 g/mol. The van der Waals surface area contributed by atoms with Crippen LogP contribution in [0.2, 0.25) is 0 Å². The Morgan fingerprint density at radius 1 is 1.00 bits per heavy atom. The van der Waals surface area contributed by atoms with Gasteiger partial charge in [0.2, 0.25) is 0 Å². The third-order valence-corrected chi connectivity index (χ3v) is 4.04. The zero-order chi connectivity index (χ0) is 14.9. The van der Waals surface area contributed by atoms with E-state index in [9.17, 15) is 13.9 Å². The van der Waals surface area contributed by atoms with Gasteiger partial charge in [0.05, 0.1) is 6.10 Å². The Morgan fingerprint density at radius 2 is 1.62 bits per heavy atom. The zero-order valence-corrected chi connectivity index (χ0v) is 11.5. The molecule has 0 saturated heterocycles. The zero-order valence-electron chi connectivity index (χ0n) is 11.5. The van der Waals surface area contributed by atoms with E-state index in [0.717, 1.165) is 12.8 Å². The van der Waals surface area contributed by atoms with Crippen LogP contribution in [0.15, 0.2) is 48.5 Å². The van der Waals surface area contributed by atoms with Crippen LogP contribution in [0.3, 0.4) is 0 Å². The number of rotatable bonds is 5. The summed E-state index contributed by atoms with van der Waals surface area (Å²) in [5, 5.41) is 13.3. The maximum atomic E-state index is 13.9. The third-order valence-electron chi connectivity index (χ3n) is 4.04. The number of benzene rings is 2. The second-order valence-electron chi connectivity index (χ2n) is 5.48. The molecule has 1 saturated carbocycles. The van der Waals surface area contributed by atoms with Gasteiger partial charge < -0.3 is 10.4 Å². The van der Waals surface area contributed by atoms with E-state index in [1.54, 1.807) is 36.4 Å². The Kier molecular flexibility index (Phi) is 3.74. The largest absolute Gasteiger partial charge is 0.387 e. The van der Waals surface area contributed by atoms with Crippen LogP contribution in [0, 0.1) is 11.6 Å². The summed E-state index contributed by atoms with van der Waals surface area (Å²) in [6.45, 7) is 0.190. The first-order valence-corrected chi connectivity index (χ1v) is 7.05.